The van der Waals surface area contributed by atoms with Gasteiger partial charge in [-0.1, -0.05) is 5.21 Å². The van der Waals surface area contributed by atoms with Crippen LogP contribution < -0.4 is 19.5 Å². The lowest BCUT2D eigenvalue weighted by molar-refractivity contribution is 0.0291. The molecule has 1 saturated heterocycles. The number of hydrogen-bond donors (Lipinski definition) is 1. The summed E-state index contributed by atoms with van der Waals surface area (Å²) in [6, 6.07) is 6.46. The number of rotatable bonds is 3. The lowest BCUT2D eigenvalue weighted by atomic mass is 10.1. The molecule has 1 aromatic carbocycles. The summed E-state index contributed by atoms with van der Waals surface area (Å²) >= 11 is 0. The quantitative estimate of drug-likeness (QED) is 0.530. The number of fused-ring (bicyclic) bond motifs is 6. The predicted octanol–water partition coefficient (Wildman–Crippen LogP) is 1.41. The molecule has 12 nitrogen and oxygen atoms in total. The van der Waals surface area contributed by atoms with E-state index in [-0.39, 0.29) is 31.5 Å². The molecule has 4 heterocycles. The second-order valence-electron chi connectivity index (χ2n) is 9.83. The molecule has 4 bridgehead atoms. The molecular weight excluding hydrogens is 504 g/mol. The summed E-state index contributed by atoms with van der Waals surface area (Å²) in [6.45, 7) is 1.51. The van der Waals surface area contributed by atoms with Gasteiger partial charge in [0, 0.05) is 24.3 Å². The monoisotopic (exact) mass is 534 g/mol. The molecule has 204 valence electrons. The van der Waals surface area contributed by atoms with Gasteiger partial charge in [-0.15, -0.1) is 5.10 Å². The van der Waals surface area contributed by atoms with E-state index in [1.807, 2.05) is 6.07 Å². The van der Waals surface area contributed by atoms with Crippen molar-refractivity contribution in [3.8, 4) is 17.4 Å². The Morgan fingerprint density at radius 1 is 1.15 bits per heavy atom. The summed E-state index contributed by atoms with van der Waals surface area (Å²) in [5.41, 5.74) is 3.54. The average Bonchev–Trinajstić information content (AvgIpc) is 3.70. The number of hydrogen-bond acceptors (Lipinski definition) is 9. The molecule has 3 aliphatic rings. The van der Waals surface area contributed by atoms with E-state index in [2.05, 4.69) is 20.6 Å². The van der Waals surface area contributed by atoms with Crippen LogP contribution in [0.3, 0.4) is 0 Å². The first-order valence-corrected chi connectivity index (χ1v) is 13.0. The van der Waals surface area contributed by atoms with Crippen molar-refractivity contribution in [2.45, 2.75) is 44.6 Å². The van der Waals surface area contributed by atoms with Crippen LogP contribution in [-0.4, -0.2) is 82.8 Å². The Morgan fingerprint density at radius 3 is 2.90 bits per heavy atom. The highest BCUT2D eigenvalue weighted by Crippen LogP contribution is 2.30. The van der Waals surface area contributed by atoms with Crippen molar-refractivity contribution in [1.29, 1.82) is 0 Å². The Morgan fingerprint density at radius 2 is 2.05 bits per heavy atom. The Balaban J connectivity index is 1.28. The van der Waals surface area contributed by atoms with Gasteiger partial charge in [0.2, 0.25) is 5.88 Å². The molecule has 2 aliphatic heterocycles. The maximum Gasteiger partial charge on any atom is 0.259 e. The minimum atomic E-state index is -0.462. The van der Waals surface area contributed by atoms with Crippen LogP contribution in [0, 0.1) is 0 Å². The first kappa shape index (κ1) is 25.1. The number of aryl methyl sites for hydroxylation is 2. The zero-order valence-corrected chi connectivity index (χ0v) is 21.9. The summed E-state index contributed by atoms with van der Waals surface area (Å²) in [5, 5.41) is 11.4. The van der Waals surface area contributed by atoms with E-state index in [1.54, 1.807) is 41.1 Å². The molecular formula is C27H30N6O6. The second-order valence-corrected chi connectivity index (χ2v) is 9.83. The smallest absolute Gasteiger partial charge is 0.259 e. The molecule has 3 aromatic rings. The molecule has 0 saturated carbocycles. The second kappa shape index (κ2) is 10.5. The number of pyridine rings is 1. The standard InChI is InChI=1S/C27H30N6O6/c1-36-22-7-6-17-11-23(22)38-9-8-33-12-18(30-31-33)15-39-24-14-32(13-21(24)28-25(17)34)27(35)19-10-16-4-3-5-20(16)29-26(19)37-2/h6-7,10-12,21,24H,3-5,8-9,13-15H2,1-2H3,(H,28,34)/t21-,24-/m0/s1. The van der Waals surface area contributed by atoms with Gasteiger partial charge in [0.25, 0.3) is 11.8 Å². The van der Waals surface area contributed by atoms with Gasteiger partial charge in [-0.25, -0.2) is 9.67 Å². The highest BCUT2D eigenvalue weighted by Gasteiger charge is 2.39. The van der Waals surface area contributed by atoms with Crippen molar-refractivity contribution >= 4 is 11.8 Å². The van der Waals surface area contributed by atoms with Crippen molar-refractivity contribution in [2.24, 2.45) is 0 Å². The summed E-state index contributed by atoms with van der Waals surface area (Å²) in [7, 11) is 3.07. The lowest BCUT2D eigenvalue weighted by Gasteiger charge is -2.20. The molecule has 0 unspecified atom stereocenters. The normalized spacial score (nSPS) is 20.7. The third kappa shape index (κ3) is 4.99. The number of methoxy groups -OCH3 is 2. The third-order valence-corrected chi connectivity index (χ3v) is 7.34. The van der Waals surface area contributed by atoms with Crippen LogP contribution in [0.15, 0.2) is 30.5 Å². The summed E-state index contributed by atoms with van der Waals surface area (Å²) < 4.78 is 24.7. The van der Waals surface area contributed by atoms with Gasteiger partial charge in [-0.3, -0.25) is 9.59 Å². The molecule has 1 aliphatic carbocycles. The molecule has 6 rings (SSSR count). The van der Waals surface area contributed by atoms with Crippen LogP contribution in [0.4, 0.5) is 0 Å². The number of carbonyl (C=O) groups excluding carboxylic acids is 2. The van der Waals surface area contributed by atoms with Crippen LogP contribution in [0.2, 0.25) is 0 Å². The van der Waals surface area contributed by atoms with E-state index in [0.717, 1.165) is 30.5 Å². The van der Waals surface area contributed by atoms with E-state index in [9.17, 15) is 9.59 Å². The van der Waals surface area contributed by atoms with Gasteiger partial charge in [0.15, 0.2) is 11.5 Å². The highest BCUT2D eigenvalue weighted by molar-refractivity contribution is 5.97. The Bertz CT molecular complexity index is 1410. The van der Waals surface area contributed by atoms with Crippen LogP contribution in [0.5, 0.6) is 17.4 Å². The van der Waals surface area contributed by atoms with Gasteiger partial charge >= 0.3 is 0 Å². The van der Waals surface area contributed by atoms with E-state index in [1.165, 1.54) is 7.11 Å². The molecule has 12 heteroatoms. The number of carbonyl (C=O) groups is 2. The van der Waals surface area contributed by atoms with Gasteiger partial charge in [-0.2, -0.15) is 0 Å². The predicted molar refractivity (Wildman–Crippen MR) is 137 cm³/mol. The molecule has 39 heavy (non-hydrogen) atoms. The van der Waals surface area contributed by atoms with Crippen LogP contribution >= 0.6 is 0 Å². The summed E-state index contributed by atoms with van der Waals surface area (Å²) in [5.74, 6) is 0.784. The number of amides is 2. The molecule has 1 N–H and O–H groups in total. The summed E-state index contributed by atoms with van der Waals surface area (Å²) in [6.07, 6.45) is 4.13. The minimum absolute atomic E-state index is 0.186. The largest absolute Gasteiger partial charge is 0.493 e. The zero-order chi connectivity index (χ0) is 26.9. The zero-order valence-electron chi connectivity index (χ0n) is 21.9. The Hall–Kier alpha value is -4.19. The fraction of sp³-hybridized carbons (Fsp3) is 0.444. The van der Waals surface area contributed by atoms with Crippen molar-refractivity contribution in [3.63, 3.8) is 0 Å². The molecule has 0 radical (unpaired) electrons. The fourth-order valence-electron chi connectivity index (χ4n) is 5.32. The van der Waals surface area contributed by atoms with Crippen LogP contribution in [-0.2, 0) is 30.7 Å². The van der Waals surface area contributed by atoms with Gasteiger partial charge in [0.05, 0.1) is 45.7 Å². The molecule has 2 atom stereocenters. The van der Waals surface area contributed by atoms with Crippen molar-refractivity contribution in [3.05, 3.63) is 58.5 Å². The topological polar surface area (TPSA) is 130 Å². The maximum atomic E-state index is 13.7. The summed E-state index contributed by atoms with van der Waals surface area (Å²) in [4.78, 5) is 33.3. The molecule has 2 amide bonds. The number of benzene rings is 1. The van der Waals surface area contributed by atoms with Crippen molar-refractivity contribution < 1.29 is 28.5 Å². The number of ether oxygens (including phenoxy) is 4. The van der Waals surface area contributed by atoms with E-state index in [4.69, 9.17) is 18.9 Å². The van der Waals surface area contributed by atoms with E-state index in [0.29, 0.717) is 47.4 Å². The SMILES string of the molecule is COc1ccc2cc1OCCn1cc(nn1)CO[C@H]1CN(C(=O)c3cc4c(nc3OC)CCC4)C[C@@H]1NC2=O. The third-order valence-electron chi connectivity index (χ3n) is 7.34. The fourth-order valence-corrected chi connectivity index (χ4v) is 5.32. The lowest BCUT2D eigenvalue weighted by Crippen LogP contribution is -2.44. The number of nitrogens with one attached hydrogen (secondary N) is 1. The Labute approximate surface area is 225 Å². The molecule has 2 aromatic heterocycles. The van der Waals surface area contributed by atoms with E-state index < -0.39 is 12.1 Å². The Kier molecular flexibility index (Phi) is 6.77. The molecule has 1 fully saturated rings. The maximum absolute atomic E-state index is 13.7. The number of nitrogens with zero attached hydrogens (tertiary/aromatic N) is 5. The van der Waals surface area contributed by atoms with Crippen molar-refractivity contribution in [2.75, 3.05) is 33.9 Å². The number of aromatic nitrogens is 4. The highest BCUT2D eigenvalue weighted by atomic mass is 16.5. The van der Waals surface area contributed by atoms with Crippen molar-refractivity contribution in [1.82, 2.24) is 30.2 Å². The first-order valence-electron chi connectivity index (χ1n) is 13.0. The van der Waals surface area contributed by atoms with Gasteiger partial charge in [0.1, 0.15) is 17.9 Å². The average molecular weight is 535 g/mol. The van der Waals surface area contributed by atoms with Crippen LogP contribution in [0.1, 0.15) is 44.1 Å². The minimum Gasteiger partial charge on any atom is -0.493 e. The van der Waals surface area contributed by atoms with E-state index >= 15 is 0 Å². The van der Waals surface area contributed by atoms with Gasteiger partial charge < -0.3 is 29.2 Å². The van der Waals surface area contributed by atoms with Crippen LogP contribution in [0.25, 0.3) is 0 Å². The first-order chi connectivity index (χ1) is 19.0. The van der Waals surface area contributed by atoms with Gasteiger partial charge in [-0.05, 0) is 49.1 Å². The number of likely N-dealkylation sites (tertiary alicyclic amines) is 1. The molecule has 0 spiro atoms.